The van der Waals surface area contributed by atoms with Crippen LogP contribution in [0.25, 0.3) is 0 Å². The number of aryl methyl sites for hydroxylation is 1. The van der Waals surface area contributed by atoms with Crippen LogP contribution in [0.1, 0.15) is 49.9 Å². The highest BCUT2D eigenvalue weighted by Crippen LogP contribution is 2.41. The van der Waals surface area contributed by atoms with Crippen molar-refractivity contribution >= 4 is 29.1 Å². The molecule has 3 aliphatic heterocycles. The van der Waals surface area contributed by atoms with Crippen molar-refractivity contribution in [2.75, 3.05) is 41.4 Å². The van der Waals surface area contributed by atoms with Gasteiger partial charge in [-0.1, -0.05) is 6.92 Å². The van der Waals surface area contributed by atoms with Crippen LogP contribution in [0, 0.1) is 12.8 Å². The first kappa shape index (κ1) is 28.0. The van der Waals surface area contributed by atoms with E-state index >= 15 is 0 Å². The normalized spacial score (nSPS) is 22.2. The molecule has 2 aromatic heterocycles. The van der Waals surface area contributed by atoms with Crippen molar-refractivity contribution in [3.63, 3.8) is 0 Å². The van der Waals surface area contributed by atoms with Crippen molar-refractivity contribution in [3.8, 4) is 5.75 Å². The molecule has 2 fully saturated rings. The first-order chi connectivity index (χ1) is 18.8. The number of anilines is 3. The summed E-state index contributed by atoms with van der Waals surface area (Å²) in [6.07, 6.45) is -3.40. The van der Waals surface area contributed by atoms with Gasteiger partial charge in [0, 0.05) is 31.8 Å². The van der Waals surface area contributed by atoms with Gasteiger partial charge in [0.05, 0.1) is 24.3 Å². The molecule has 0 unspecified atom stereocenters. The van der Waals surface area contributed by atoms with Gasteiger partial charge in [0.15, 0.2) is 17.4 Å². The maximum absolute atomic E-state index is 13.6. The van der Waals surface area contributed by atoms with Gasteiger partial charge in [-0.2, -0.15) is 13.2 Å². The van der Waals surface area contributed by atoms with Crippen molar-refractivity contribution in [3.05, 3.63) is 29.8 Å². The second kappa shape index (κ2) is 10.5. The summed E-state index contributed by atoms with van der Waals surface area (Å²) in [5.41, 5.74) is 0.997. The molecule has 216 valence electrons. The Bertz CT molecular complexity index is 1310. The van der Waals surface area contributed by atoms with E-state index in [0.717, 1.165) is 6.92 Å². The number of ether oxygens (including phenoxy) is 3. The Kier molecular flexibility index (Phi) is 7.33. The number of carbonyl (C=O) groups is 2. The highest BCUT2D eigenvalue weighted by Gasteiger charge is 2.43. The maximum Gasteiger partial charge on any atom is 0.391 e. The number of halogens is 3. The van der Waals surface area contributed by atoms with Gasteiger partial charge in [-0.25, -0.2) is 19.7 Å². The fourth-order valence-corrected chi connectivity index (χ4v) is 5.06. The number of pyridine rings is 1. The number of urea groups is 1. The molecule has 3 aliphatic rings. The summed E-state index contributed by atoms with van der Waals surface area (Å²) in [5.74, 6) is -2.81. The summed E-state index contributed by atoms with van der Waals surface area (Å²) in [7, 11) is 0. The fourth-order valence-electron chi connectivity index (χ4n) is 5.06. The zero-order valence-electron chi connectivity index (χ0n) is 22.6. The number of hydrogen-bond acceptors (Lipinski definition) is 9. The lowest BCUT2D eigenvalue weighted by Gasteiger charge is -2.36. The van der Waals surface area contributed by atoms with E-state index in [1.807, 2.05) is 18.7 Å². The fraction of sp³-hybridized carbons (Fsp3) is 0.577. The summed E-state index contributed by atoms with van der Waals surface area (Å²) in [6.45, 7) is 8.08. The lowest BCUT2D eigenvalue weighted by molar-refractivity contribution is -0.168. The van der Waals surface area contributed by atoms with Gasteiger partial charge in [0.1, 0.15) is 30.0 Å². The topological polar surface area (TPSA) is 119 Å². The predicted octanol–water partition coefficient (Wildman–Crippen LogP) is 4.11. The first-order valence-corrected chi connectivity index (χ1v) is 13.0. The maximum atomic E-state index is 13.6. The van der Waals surface area contributed by atoms with Crippen molar-refractivity contribution in [2.45, 2.75) is 64.6 Å². The summed E-state index contributed by atoms with van der Waals surface area (Å²) < 4.78 is 56.3. The molecule has 2 amide bonds. The zero-order valence-corrected chi connectivity index (χ0v) is 22.6. The van der Waals surface area contributed by atoms with Crippen molar-refractivity contribution in [1.29, 1.82) is 0 Å². The molecule has 3 atom stereocenters. The number of Topliss-reactive ketones (excluding diaryl/α,β-unsaturated/α-hetero) is 1. The third kappa shape index (κ3) is 5.82. The molecule has 1 N–H and O–H groups in total. The average Bonchev–Trinajstić information content (AvgIpc) is 3.44. The van der Waals surface area contributed by atoms with Gasteiger partial charge < -0.3 is 19.1 Å². The van der Waals surface area contributed by atoms with Crippen LogP contribution in [0.2, 0.25) is 0 Å². The molecule has 2 bridgehead atoms. The molecule has 11 nitrogen and oxygen atoms in total. The number of alkyl halides is 3. The second-order valence-corrected chi connectivity index (χ2v) is 10.7. The van der Waals surface area contributed by atoms with Crippen molar-refractivity contribution < 1.29 is 37.0 Å². The van der Waals surface area contributed by atoms with Crippen LogP contribution in [0.5, 0.6) is 5.75 Å². The molecule has 0 radical (unpaired) electrons. The van der Waals surface area contributed by atoms with E-state index in [4.69, 9.17) is 14.2 Å². The monoisotopic (exact) mass is 564 g/mol. The number of aromatic nitrogens is 3. The van der Waals surface area contributed by atoms with Crippen LogP contribution in [-0.2, 0) is 9.47 Å². The van der Waals surface area contributed by atoms with E-state index in [0.29, 0.717) is 43.2 Å². The Balaban J connectivity index is 1.34. The Morgan fingerprint density at radius 1 is 1.30 bits per heavy atom. The third-order valence-corrected chi connectivity index (χ3v) is 7.10. The van der Waals surface area contributed by atoms with E-state index < -0.39 is 36.1 Å². The van der Waals surface area contributed by atoms with Crippen LogP contribution >= 0.6 is 0 Å². The molecular weight excluding hydrogens is 533 g/mol. The average molecular weight is 565 g/mol. The van der Waals surface area contributed by atoms with Gasteiger partial charge in [0.25, 0.3) is 0 Å². The number of carbonyl (C=O) groups excluding carboxylic acids is 2. The summed E-state index contributed by atoms with van der Waals surface area (Å²) >= 11 is 0. The number of hydrogen-bond donors (Lipinski definition) is 1. The van der Waals surface area contributed by atoms with Gasteiger partial charge in [-0.3, -0.25) is 15.0 Å². The number of nitrogens with zero attached hydrogens (tertiary/aromatic N) is 5. The van der Waals surface area contributed by atoms with Gasteiger partial charge in [-0.05, 0) is 33.3 Å². The van der Waals surface area contributed by atoms with Crippen LogP contribution in [-0.4, -0.2) is 77.2 Å². The third-order valence-electron chi connectivity index (χ3n) is 7.10. The summed E-state index contributed by atoms with van der Waals surface area (Å²) in [6, 6.07) is 2.44. The molecule has 14 heteroatoms. The molecule has 0 spiro atoms. The summed E-state index contributed by atoms with van der Waals surface area (Å²) in [4.78, 5) is 42.5. The highest BCUT2D eigenvalue weighted by atomic mass is 19.4. The number of rotatable bonds is 7. The smallest absolute Gasteiger partial charge is 0.391 e. The largest absolute Gasteiger partial charge is 0.491 e. The Hall–Kier alpha value is -3.52. The van der Waals surface area contributed by atoms with E-state index in [-0.39, 0.29) is 36.2 Å². The molecule has 2 saturated heterocycles. The lowest BCUT2D eigenvalue weighted by Crippen LogP contribution is -2.49. The summed E-state index contributed by atoms with van der Waals surface area (Å²) in [5, 5.41) is 2.76. The van der Waals surface area contributed by atoms with E-state index in [1.165, 1.54) is 11.1 Å². The Morgan fingerprint density at radius 3 is 2.77 bits per heavy atom. The van der Waals surface area contributed by atoms with Gasteiger partial charge in [-0.15, -0.1) is 0 Å². The molecule has 5 heterocycles. The van der Waals surface area contributed by atoms with Gasteiger partial charge in [0.2, 0.25) is 5.78 Å². The van der Waals surface area contributed by atoms with E-state index in [9.17, 15) is 22.8 Å². The minimum atomic E-state index is -4.52. The SMILES string of the molecule is Cc1nc(C(=O)C[C@H](C)C(F)(F)F)nc2c1N1CC[C@@H](C1)N2C(=O)Nc1cc(OC[C@H]2COC(C)(C)O2)ccn1. The number of fused-ring (bicyclic) bond motifs is 4. The quantitative estimate of drug-likeness (QED) is 0.496. The van der Waals surface area contributed by atoms with Gasteiger partial charge >= 0.3 is 12.2 Å². The number of nitrogens with one attached hydrogen (secondary N) is 1. The minimum Gasteiger partial charge on any atom is -0.491 e. The van der Waals surface area contributed by atoms with Crippen LogP contribution in [0.4, 0.5) is 35.3 Å². The van der Waals surface area contributed by atoms with Crippen LogP contribution in [0.3, 0.4) is 0 Å². The van der Waals surface area contributed by atoms with Crippen molar-refractivity contribution in [1.82, 2.24) is 15.0 Å². The highest BCUT2D eigenvalue weighted by molar-refractivity contribution is 6.05. The molecule has 40 heavy (non-hydrogen) atoms. The zero-order chi connectivity index (χ0) is 28.8. The Morgan fingerprint density at radius 2 is 2.08 bits per heavy atom. The van der Waals surface area contributed by atoms with Crippen molar-refractivity contribution in [2.24, 2.45) is 5.92 Å². The molecule has 0 saturated carbocycles. The van der Waals surface area contributed by atoms with Crippen LogP contribution < -0.4 is 19.9 Å². The molecule has 2 aromatic rings. The first-order valence-electron chi connectivity index (χ1n) is 13.0. The standard InChI is InChI=1S/C26H31F3N6O5/c1-14(26(27,28)29)9-19(36)22-31-15(2)21-23(33-22)35(16-6-8-34(21)11-16)24(37)32-20-10-17(5-7-30-20)38-12-18-13-39-25(3,4)40-18/h5,7,10,14,16,18H,6,8-9,11-13H2,1-4H3,(H,30,32,37)/t14-,16-,18-/m0/s1. The molecule has 5 rings (SSSR count). The van der Waals surface area contributed by atoms with E-state index in [2.05, 4.69) is 20.3 Å². The molecular formula is C26H31F3N6O5. The second-order valence-electron chi connectivity index (χ2n) is 10.7. The minimum absolute atomic E-state index is 0.190. The molecule has 0 aromatic carbocycles. The molecule has 0 aliphatic carbocycles. The van der Waals surface area contributed by atoms with Crippen LogP contribution in [0.15, 0.2) is 18.3 Å². The lowest BCUT2D eigenvalue weighted by atomic mass is 10.0. The van der Waals surface area contributed by atoms with E-state index in [1.54, 1.807) is 19.1 Å². The predicted molar refractivity (Wildman–Crippen MR) is 138 cm³/mol. The Labute approximate surface area is 229 Å². The number of ketones is 1. The number of amides is 2.